The lowest BCUT2D eigenvalue weighted by molar-refractivity contribution is -0.0537. The molecule has 5 nitrogen and oxygen atoms in total. The number of morpholine rings is 1. The summed E-state index contributed by atoms with van der Waals surface area (Å²) in [5.74, 6) is 0.320. The molecule has 0 bridgehead atoms. The van der Waals surface area contributed by atoms with Crippen molar-refractivity contribution >= 4 is 11.6 Å². The van der Waals surface area contributed by atoms with Crippen molar-refractivity contribution in [3.8, 4) is 0 Å². The van der Waals surface area contributed by atoms with Gasteiger partial charge < -0.3 is 9.84 Å². The average Bonchev–Trinajstić information content (AvgIpc) is 2.99. The molecule has 1 N–H and O–H groups in total. The van der Waals surface area contributed by atoms with Crippen LogP contribution in [-0.4, -0.2) is 51.7 Å². The molecule has 1 aromatic rings. The third-order valence-corrected chi connectivity index (χ3v) is 5.41. The van der Waals surface area contributed by atoms with Crippen molar-refractivity contribution in [3.63, 3.8) is 0 Å². The highest BCUT2D eigenvalue weighted by atomic mass is 35.5. The monoisotopic (exact) mass is 313 g/mol. The minimum Gasteiger partial charge on any atom is -0.393 e. The van der Waals surface area contributed by atoms with Gasteiger partial charge in [-0.2, -0.15) is 5.10 Å². The molecule has 2 aliphatic rings. The molecule has 1 aromatic heterocycles. The molecular weight excluding hydrogens is 290 g/mol. The maximum atomic E-state index is 10.2. The van der Waals surface area contributed by atoms with Gasteiger partial charge in [-0.1, -0.05) is 18.0 Å². The molecule has 3 rings (SSSR count). The van der Waals surface area contributed by atoms with Crippen LogP contribution in [0, 0.1) is 12.8 Å². The van der Waals surface area contributed by atoms with Gasteiger partial charge in [-0.15, -0.1) is 0 Å². The standard InChI is InChI=1S/C15H24ClN3O2/c1-10-12(15(16)18(2)17-10)8-19-6-7-21-9-13(19)11-4-3-5-14(11)20/h11,13-14,20H,3-9H2,1-2H3/t11-,13+,14+/m0/s1. The van der Waals surface area contributed by atoms with Gasteiger partial charge in [-0.05, 0) is 19.8 Å². The highest BCUT2D eigenvalue weighted by Crippen LogP contribution is 2.33. The topological polar surface area (TPSA) is 50.5 Å². The van der Waals surface area contributed by atoms with E-state index in [1.807, 2.05) is 14.0 Å². The summed E-state index contributed by atoms with van der Waals surface area (Å²) in [5.41, 5.74) is 2.08. The largest absolute Gasteiger partial charge is 0.393 e. The van der Waals surface area contributed by atoms with Gasteiger partial charge in [0.1, 0.15) is 5.15 Å². The van der Waals surface area contributed by atoms with Crippen molar-refractivity contribution < 1.29 is 9.84 Å². The second-order valence-electron chi connectivity index (χ2n) is 6.25. The molecule has 21 heavy (non-hydrogen) atoms. The SMILES string of the molecule is Cc1nn(C)c(Cl)c1CN1CCOC[C@@H]1[C@@H]1CCC[C@H]1O. The summed E-state index contributed by atoms with van der Waals surface area (Å²) in [6.07, 6.45) is 2.93. The van der Waals surface area contributed by atoms with Crippen LogP contribution in [0.1, 0.15) is 30.5 Å². The Balaban J connectivity index is 1.78. The van der Waals surface area contributed by atoms with Crippen molar-refractivity contribution in [1.29, 1.82) is 0 Å². The minimum absolute atomic E-state index is 0.190. The van der Waals surface area contributed by atoms with Crippen LogP contribution in [0.15, 0.2) is 0 Å². The van der Waals surface area contributed by atoms with E-state index in [0.717, 1.165) is 50.2 Å². The van der Waals surface area contributed by atoms with E-state index in [1.165, 1.54) is 0 Å². The van der Waals surface area contributed by atoms with Crippen LogP contribution >= 0.6 is 11.6 Å². The zero-order valence-electron chi connectivity index (χ0n) is 12.8. The number of ether oxygens (including phenoxy) is 1. The quantitative estimate of drug-likeness (QED) is 0.923. The number of aromatic nitrogens is 2. The molecule has 0 spiro atoms. The Hall–Kier alpha value is -0.620. The molecule has 6 heteroatoms. The fourth-order valence-corrected chi connectivity index (χ4v) is 3.96. The molecular formula is C15H24ClN3O2. The van der Waals surface area contributed by atoms with Gasteiger partial charge in [0.25, 0.3) is 0 Å². The third kappa shape index (κ3) is 2.97. The number of halogens is 1. The second-order valence-corrected chi connectivity index (χ2v) is 6.61. The predicted octanol–water partition coefficient (Wildman–Crippen LogP) is 1.74. The zero-order chi connectivity index (χ0) is 15.0. The number of aliphatic hydroxyl groups is 1. The lowest BCUT2D eigenvalue weighted by atomic mass is 9.94. The summed E-state index contributed by atoms with van der Waals surface area (Å²) >= 11 is 6.36. The first kappa shape index (κ1) is 15.3. The lowest BCUT2D eigenvalue weighted by Gasteiger charge is -2.40. The lowest BCUT2D eigenvalue weighted by Crippen LogP contribution is -2.50. The molecule has 1 aliphatic carbocycles. The normalized spacial score (nSPS) is 31.0. The first-order valence-corrected chi connectivity index (χ1v) is 8.13. The van der Waals surface area contributed by atoms with Crippen molar-refractivity contribution in [2.75, 3.05) is 19.8 Å². The average molecular weight is 314 g/mol. The number of nitrogens with zero attached hydrogens (tertiary/aromatic N) is 3. The molecule has 2 fully saturated rings. The predicted molar refractivity (Wildman–Crippen MR) is 81.3 cm³/mol. The number of aryl methyl sites for hydroxylation is 2. The van der Waals surface area contributed by atoms with Crippen molar-refractivity contribution in [2.45, 2.75) is 44.9 Å². The Morgan fingerprint density at radius 1 is 1.43 bits per heavy atom. The number of rotatable bonds is 3. The molecule has 1 saturated carbocycles. The summed E-state index contributed by atoms with van der Waals surface area (Å²) in [4.78, 5) is 2.42. The molecule has 0 unspecified atom stereocenters. The van der Waals surface area contributed by atoms with Crippen LogP contribution < -0.4 is 0 Å². The molecule has 0 aromatic carbocycles. The second kappa shape index (κ2) is 6.24. The maximum Gasteiger partial charge on any atom is 0.131 e. The van der Waals surface area contributed by atoms with Gasteiger partial charge in [0, 0.05) is 37.7 Å². The molecule has 0 radical (unpaired) electrons. The zero-order valence-corrected chi connectivity index (χ0v) is 13.5. The summed E-state index contributed by atoms with van der Waals surface area (Å²) in [5, 5.41) is 15.3. The fourth-order valence-electron chi connectivity index (χ4n) is 3.72. The number of hydrogen-bond acceptors (Lipinski definition) is 4. The smallest absolute Gasteiger partial charge is 0.131 e. The molecule has 0 amide bonds. The molecule has 3 atom stereocenters. The first-order valence-electron chi connectivity index (χ1n) is 7.75. The molecule has 118 valence electrons. The van der Waals surface area contributed by atoms with Crippen LogP contribution in [0.5, 0.6) is 0 Å². The van der Waals surface area contributed by atoms with Crippen LogP contribution in [-0.2, 0) is 18.3 Å². The van der Waals surface area contributed by atoms with Gasteiger partial charge in [-0.3, -0.25) is 9.58 Å². The van der Waals surface area contributed by atoms with Crippen molar-refractivity contribution in [1.82, 2.24) is 14.7 Å². The maximum absolute atomic E-state index is 10.2. The Morgan fingerprint density at radius 2 is 2.24 bits per heavy atom. The third-order valence-electron chi connectivity index (χ3n) is 4.94. The van der Waals surface area contributed by atoms with E-state index in [0.29, 0.717) is 17.7 Å². The summed E-state index contributed by atoms with van der Waals surface area (Å²) in [6, 6.07) is 0.284. The van der Waals surface area contributed by atoms with E-state index in [9.17, 15) is 5.11 Å². The van der Waals surface area contributed by atoms with Crippen LogP contribution in [0.2, 0.25) is 5.15 Å². The van der Waals surface area contributed by atoms with E-state index in [4.69, 9.17) is 16.3 Å². The van der Waals surface area contributed by atoms with Gasteiger partial charge in [0.15, 0.2) is 0 Å². The summed E-state index contributed by atoms with van der Waals surface area (Å²) in [7, 11) is 1.87. The van der Waals surface area contributed by atoms with E-state index >= 15 is 0 Å². The molecule has 1 aliphatic heterocycles. The summed E-state index contributed by atoms with van der Waals surface area (Å²) in [6.45, 7) is 5.13. The van der Waals surface area contributed by atoms with E-state index in [2.05, 4.69) is 10.00 Å². The minimum atomic E-state index is -0.190. The van der Waals surface area contributed by atoms with Crippen molar-refractivity contribution in [2.24, 2.45) is 13.0 Å². The van der Waals surface area contributed by atoms with Gasteiger partial charge in [-0.25, -0.2) is 0 Å². The van der Waals surface area contributed by atoms with Gasteiger partial charge in [0.05, 0.1) is 25.0 Å². The molecule has 1 saturated heterocycles. The van der Waals surface area contributed by atoms with Crippen LogP contribution in [0.25, 0.3) is 0 Å². The summed E-state index contributed by atoms with van der Waals surface area (Å²) < 4.78 is 7.40. The van der Waals surface area contributed by atoms with Crippen molar-refractivity contribution in [3.05, 3.63) is 16.4 Å². The highest BCUT2D eigenvalue weighted by Gasteiger charge is 2.38. The number of hydrogen-bond donors (Lipinski definition) is 1. The Labute approximate surface area is 130 Å². The highest BCUT2D eigenvalue weighted by molar-refractivity contribution is 6.30. The fraction of sp³-hybridized carbons (Fsp3) is 0.800. The Kier molecular flexibility index (Phi) is 4.54. The van der Waals surface area contributed by atoms with Crippen LogP contribution in [0.4, 0.5) is 0 Å². The first-order chi connectivity index (χ1) is 10.1. The van der Waals surface area contributed by atoms with Crippen LogP contribution in [0.3, 0.4) is 0 Å². The van der Waals surface area contributed by atoms with Gasteiger partial charge >= 0.3 is 0 Å². The van der Waals surface area contributed by atoms with E-state index in [-0.39, 0.29) is 12.1 Å². The van der Waals surface area contributed by atoms with E-state index < -0.39 is 0 Å². The Bertz CT molecular complexity index is 505. The Morgan fingerprint density at radius 3 is 2.86 bits per heavy atom. The van der Waals surface area contributed by atoms with Gasteiger partial charge in [0.2, 0.25) is 0 Å². The molecule has 2 heterocycles. The van der Waals surface area contributed by atoms with E-state index in [1.54, 1.807) is 4.68 Å². The number of aliphatic hydroxyl groups excluding tert-OH is 1.